The van der Waals surface area contributed by atoms with Crippen molar-refractivity contribution in [1.82, 2.24) is 20.1 Å². The number of anilines is 1. The summed E-state index contributed by atoms with van der Waals surface area (Å²) in [6.45, 7) is 6.55. The molecule has 0 aliphatic carbocycles. The maximum atomic E-state index is 13.1. The highest BCUT2D eigenvalue weighted by Gasteiger charge is 2.34. The summed E-state index contributed by atoms with van der Waals surface area (Å²) in [5.41, 5.74) is 2.30. The maximum Gasteiger partial charge on any atom is 0.244 e. The molecule has 2 atom stereocenters. The molecule has 25 heavy (non-hydrogen) atoms. The van der Waals surface area contributed by atoms with Gasteiger partial charge in [-0.2, -0.15) is 5.10 Å². The standard InChI is InChI=1S/C18H23N5O2/c1-12(18(24)23-8-7-14-5-3-4-6-15(14)23)22-9-10-25-16(11-22)17-19-13(2)20-21-17/h3-6,12,16H,7-11H2,1-2H3,(H,19,20,21)/t12-,16+/m0/s1. The Balaban J connectivity index is 1.47. The predicted molar refractivity (Wildman–Crippen MR) is 93.3 cm³/mol. The highest BCUT2D eigenvalue weighted by atomic mass is 16.5. The normalized spacial score (nSPS) is 22.0. The number of nitrogens with zero attached hydrogens (tertiary/aromatic N) is 4. The zero-order valence-corrected chi connectivity index (χ0v) is 14.6. The van der Waals surface area contributed by atoms with Gasteiger partial charge in [0.25, 0.3) is 0 Å². The first kappa shape index (κ1) is 16.2. The van der Waals surface area contributed by atoms with Crippen molar-refractivity contribution in [3.05, 3.63) is 41.5 Å². The van der Waals surface area contributed by atoms with Crippen molar-refractivity contribution >= 4 is 11.6 Å². The first-order chi connectivity index (χ1) is 12.1. The minimum Gasteiger partial charge on any atom is -0.367 e. The Morgan fingerprint density at radius 2 is 2.20 bits per heavy atom. The number of ether oxygens (including phenoxy) is 1. The topological polar surface area (TPSA) is 74.3 Å². The van der Waals surface area contributed by atoms with E-state index in [1.54, 1.807) is 0 Å². The molecule has 0 unspecified atom stereocenters. The van der Waals surface area contributed by atoms with E-state index < -0.39 is 0 Å². The van der Waals surface area contributed by atoms with E-state index >= 15 is 0 Å². The highest BCUT2D eigenvalue weighted by molar-refractivity contribution is 5.98. The van der Waals surface area contributed by atoms with Crippen LogP contribution in [-0.4, -0.2) is 58.3 Å². The van der Waals surface area contributed by atoms with Crippen LogP contribution in [0.1, 0.15) is 30.2 Å². The Labute approximate surface area is 147 Å². The highest BCUT2D eigenvalue weighted by Crippen LogP contribution is 2.29. The van der Waals surface area contributed by atoms with Gasteiger partial charge in [0.2, 0.25) is 5.91 Å². The minimum absolute atomic E-state index is 0.150. The Kier molecular flexibility index (Phi) is 4.27. The van der Waals surface area contributed by atoms with Gasteiger partial charge in [-0.1, -0.05) is 18.2 Å². The summed E-state index contributed by atoms with van der Waals surface area (Å²) >= 11 is 0. The first-order valence-electron chi connectivity index (χ1n) is 8.77. The molecule has 132 valence electrons. The molecule has 0 saturated carbocycles. The van der Waals surface area contributed by atoms with Crippen LogP contribution in [-0.2, 0) is 16.0 Å². The van der Waals surface area contributed by atoms with Crippen LogP contribution < -0.4 is 4.90 Å². The van der Waals surface area contributed by atoms with E-state index in [9.17, 15) is 4.79 Å². The third kappa shape index (κ3) is 3.05. The molecule has 7 nitrogen and oxygen atoms in total. The molecule has 0 radical (unpaired) electrons. The molecule has 1 N–H and O–H groups in total. The summed E-state index contributed by atoms with van der Waals surface area (Å²) in [7, 11) is 0. The van der Waals surface area contributed by atoms with Crippen molar-refractivity contribution in [2.75, 3.05) is 31.1 Å². The number of H-pyrrole nitrogens is 1. The lowest BCUT2D eigenvalue weighted by Crippen LogP contribution is -2.51. The van der Waals surface area contributed by atoms with E-state index in [1.165, 1.54) is 5.56 Å². The second kappa shape index (κ2) is 6.57. The van der Waals surface area contributed by atoms with Gasteiger partial charge < -0.3 is 9.64 Å². The van der Waals surface area contributed by atoms with Crippen LogP contribution in [0.5, 0.6) is 0 Å². The van der Waals surface area contributed by atoms with E-state index in [0.29, 0.717) is 19.0 Å². The maximum absolute atomic E-state index is 13.1. The van der Waals surface area contributed by atoms with Gasteiger partial charge in [0, 0.05) is 25.3 Å². The summed E-state index contributed by atoms with van der Waals surface area (Å²) in [4.78, 5) is 21.5. The van der Waals surface area contributed by atoms with Crippen LogP contribution >= 0.6 is 0 Å². The van der Waals surface area contributed by atoms with Crippen molar-refractivity contribution in [3.8, 4) is 0 Å². The molecule has 1 aromatic heterocycles. The van der Waals surface area contributed by atoms with E-state index in [0.717, 1.165) is 31.0 Å². The van der Waals surface area contributed by atoms with Crippen LogP contribution in [0.2, 0.25) is 0 Å². The fourth-order valence-corrected chi connectivity index (χ4v) is 3.63. The number of carbonyl (C=O) groups is 1. The molecule has 1 aromatic carbocycles. The van der Waals surface area contributed by atoms with Crippen molar-refractivity contribution in [2.45, 2.75) is 32.4 Å². The van der Waals surface area contributed by atoms with Crippen molar-refractivity contribution in [3.63, 3.8) is 0 Å². The first-order valence-corrected chi connectivity index (χ1v) is 8.77. The molecule has 4 rings (SSSR count). The SMILES string of the molecule is Cc1nc([C@H]2CN([C@@H](C)C(=O)N3CCc4ccccc43)CCO2)n[nH]1. The lowest BCUT2D eigenvalue weighted by molar-refractivity contribution is -0.126. The Morgan fingerprint density at radius 3 is 3.00 bits per heavy atom. The molecular weight excluding hydrogens is 318 g/mol. The van der Waals surface area contributed by atoms with Crippen molar-refractivity contribution in [1.29, 1.82) is 0 Å². The summed E-state index contributed by atoms with van der Waals surface area (Å²) in [6.07, 6.45) is 0.733. The Hall–Kier alpha value is -2.25. The molecule has 2 aliphatic heterocycles. The second-order valence-electron chi connectivity index (χ2n) is 6.68. The third-order valence-electron chi connectivity index (χ3n) is 5.06. The molecule has 1 fully saturated rings. The average molecular weight is 341 g/mol. The Bertz CT molecular complexity index is 774. The van der Waals surface area contributed by atoms with Crippen LogP contribution in [0.4, 0.5) is 5.69 Å². The van der Waals surface area contributed by atoms with E-state index in [-0.39, 0.29) is 18.1 Å². The smallest absolute Gasteiger partial charge is 0.244 e. The molecule has 2 aromatic rings. The molecule has 0 bridgehead atoms. The molecule has 1 amide bonds. The quantitative estimate of drug-likeness (QED) is 0.915. The van der Waals surface area contributed by atoms with Crippen molar-refractivity contribution in [2.24, 2.45) is 0 Å². The number of aromatic amines is 1. The monoisotopic (exact) mass is 341 g/mol. The van der Waals surface area contributed by atoms with Gasteiger partial charge >= 0.3 is 0 Å². The second-order valence-corrected chi connectivity index (χ2v) is 6.68. The van der Waals surface area contributed by atoms with Crippen molar-refractivity contribution < 1.29 is 9.53 Å². The van der Waals surface area contributed by atoms with Gasteiger partial charge in [-0.15, -0.1) is 0 Å². The minimum atomic E-state index is -0.197. The van der Waals surface area contributed by atoms with Gasteiger partial charge in [0.1, 0.15) is 11.9 Å². The number of fused-ring (bicyclic) bond motifs is 1. The number of nitrogens with one attached hydrogen (secondary N) is 1. The summed E-state index contributed by atoms with van der Waals surface area (Å²) in [5, 5.41) is 7.06. The van der Waals surface area contributed by atoms with E-state index in [2.05, 4.69) is 26.1 Å². The number of amides is 1. The number of aromatic nitrogens is 3. The largest absolute Gasteiger partial charge is 0.367 e. The number of hydrogen-bond acceptors (Lipinski definition) is 5. The average Bonchev–Trinajstić information content (AvgIpc) is 3.27. The summed E-state index contributed by atoms with van der Waals surface area (Å²) < 4.78 is 5.81. The number of carbonyl (C=O) groups excluding carboxylic acids is 1. The molecular formula is C18H23N5O2. The fraction of sp³-hybridized carbons (Fsp3) is 0.500. The van der Waals surface area contributed by atoms with Crippen LogP contribution in [0, 0.1) is 6.92 Å². The molecule has 7 heteroatoms. The molecule has 1 saturated heterocycles. The number of para-hydroxylation sites is 1. The van der Waals surface area contributed by atoms with E-state index in [4.69, 9.17) is 4.74 Å². The molecule has 0 spiro atoms. The lowest BCUT2D eigenvalue weighted by Gasteiger charge is -2.36. The van der Waals surface area contributed by atoms with Gasteiger partial charge in [-0.05, 0) is 31.9 Å². The number of hydrogen-bond donors (Lipinski definition) is 1. The lowest BCUT2D eigenvalue weighted by atomic mass is 10.1. The number of rotatable bonds is 3. The van der Waals surface area contributed by atoms with Gasteiger partial charge in [-0.3, -0.25) is 14.8 Å². The van der Waals surface area contributed by atoms with Gasteiger partial charge in [0.15, 0.2) is 5.82 Å². The van der Waals surface area contributed by atoms with Gasteiger partial charge in [0.05, 0.1) is 12.6 Å². The number of benzene rings is 1. The van der Waals surface area contributed by atoms with Crippen LogP contribution in [0.15, 0.2) is 24.3 Å². The summed E-state index contributed by atoms with van der Waals surface area (Å²) in [6, 6.07) is 7.96. The van der Waals surface area contributed by atoms with Crippen LogP contribution in [0.25, 0.3) is 0 Å². The third-order valence-corrected chi connectivity index (χ3v) is 5.06. The van der Waals surface area contributed by atoms with Crippen LogP contribution in [0.3, 0.4) is 0 Å². The van der Waals surface area contributed by atoms with E-state index in [1.807, 2.05) is 36.9 Å². The summed E-state index contributed by atoms with van der Waals surface area (Å²) in [5.74, 6) is 1.58. The molecule has 3 heterocycles. The number of aryl methyl sites for hydroxylation is 1. The number of morpholine rings is 1. The zero-order valence-electron chi connectivity index (χ0n) is 14.6. The predicted octanol–water partition coefficient (Wildman–Crippen LogP) is 1.46. The fourth-order valence-electron chi connectivity index (χ4n) is 3.63. The molecule has 2 aliphatic rings. The Morgan fingerprint density at radius 1 is 1.36 bits per heavy atom. The van der Waals surface area contributed by atoms with Gasteiger partial charge in [-0.25, -0.2) is 4.98 Å². The zero-order chi connectivity index (χ0) is 17.4.